The summed E-state index contributed by atoms with van der Waals surface area (Å²) < 4.78 is 0. The molecule has 0 aliphatic rings. The highest BCUT2D eigenvalue weighted by atomic mass is 16.1. The zero-order chi connectivity index (χ0) is 9.84. The Morgan fingerprint density at radius 2 is 2.15 bits per heavy atom. The second-order valence-corrected chi connectivity index (χ2v) is 2.85. The van der Waals surface area contributed by atoms with Gasteiger partial charge in [-0.05, 0) is 13.8 Å². The van der Waals surface area contributed by atoms with E-state index in [4.69, 9.17) is 0 Å². The summed E-state index contributed by atoms with van der Waals surface area (Å²) in [7, 11) is 0. The van der Waals surface area contributed by atoms with Crippen LogP contribution in [-0.2, 0) is 0 Å². The van der Waals surface area contributed by atoms with Gasteiger partial charge in [-0.25, -0.2) is 4.98 Å². The van der Waals surface area contributed by atoms with Gasteiger partial charge in [0, 0.05) is 20.0 Å². The van der Waals surface area contributed by atoms with Gasteiger partial charge in [-0.3, -0.25) is 4.79 Å². The Labute approximate surface area is 78.0 Å². The quantitative estimate of drug-likeness (QED) is 0.715. The van der Waals surface area contributed by atoms with Crippen molar-refractivity contribution in [2.45, 2.75) is 20.8 Å². The van der Waals surface area contributed by atoms with Crippen LogP contribution in [0.5, 0.6) is 0 Å². The molecule has 0 atom stereocenters. The number of H-pyrrole nitrogens is 1. The molecule has 0 spiro atoms. The first kappa shape index (κ1) is 9.77. The van der Waals surface area contributed by atoms with Gasteiger partial charge in [-0.15, -0.1) is 0 Å². The largest absolute Gasteiger partial charge is 0.343 e. The second kappa shape index (κ2) is 4.07. The number of carbonyl (C=O) groups excluding carboxylic acids is 1. The van der Waals surface area contributed by atoms with Crippen molar-refractivity contribution in [2.75, 3.05) is 18.0 Å². The number of nitrogens with one attached hydrogen (secondary N) is 1. The van der Waals surface area contributed by atoms with Gasteiger partial charge in [-0.2, -0.15) is 0 Å². The van der Waals surface area contributed by atoms with Crippen LogP contribution < -0.4 is 4.90 Å². The first-order valence-electron chi connectivity index (χ1n) is 4.49. The van der Waals surface area contributed by atoms with Crippen LogP contribution in [0.4, 0.5) is 5.95 Å². The van der Waals surface area contributed by atoms with Crippen molar-refractivity contribution in [3.63, 3.8) is 0 Å². The molecule has 1 aromatic rings. The number of anilines is 1. The van der Waals surface area contributed by atoms with E-state index >= 15 is 0 Å². The molecule has 0 amide bonds. The highest BCUT2D eigenvalue weighted by Crippen LogP contribution is 2.08. The molecule has 0 saturated carbocycles. The Morgan fingerprint density at radius 1 is 1.54 bits per heavy atom. The Kier molecular flexibility index (Phi) is 3.06. The normalized spacial score (nSPS) is 10.1. The summed E-state index contributed by atoms with van der Waals surface area (Å²) >= 11 is 0. The van der Waals surface area contributed by atoms with Crippen LogP contribution in [0.3, 0.4) is 0 Å². The summed E-state index contributed by atoms with van der Waals surface area (Å²) in [6.45, 7) is 7.42. The van der Waals surface area contributed by atoms with Gasteiger partial charge in [0.05, 0.1) is 6.20 Å². The van der Waals surface area contributed by atoms with E-state index in [1.165, 1.54) is 6.92 Å². The Bertz CT molecular complexity index is 289. The fraction of sp³-hybridized carbons (Fsp3) is 0.556. The zero-order valence-electron chi connectivity index (χ0n) is 8.29. The number of aromatic amines is 1. The number of imidazole rings is 1. The Hall–Kier alpha value is -1.32. The van der Waals surface area contributed by atoms with Crippen molar-refractivity contribution in [1.82, 2.24) is 9.97 Å². The number of ketones is 1. The van der Waals surface area contributed by atoms with Crippen molar-refractivity contribution in [3.05, 3.63) is 11.9 Å². The second-order valence-electron chi connectivity index (χ2n) is 2.85. The molecule has 72 valence electrons. The van der Waals surface area contributed by atoms with E-state index in [1.807, 2.05) is 0 Å². The van der Waals surface area contributed by atoms with Crippen LogP contribution in [0, 0.1) is 0 Å². The van der Waals surface area contributed by atoms with Gasteiger partial charge < -0.3 is 9.88 Å². The fourth-order valence-electron chi connectivity index (χ4n) is 1.17. The number of nitrogens with zero attached hydrogens (tertiary/aromatic N) is 2. The van der Waals surface area contributed by atoms with E-state index < -0.39 is 0 Å². The number of aromatic nitrogens is 2. The predicted molar refractivity (Wildman–Crippen MR) is 52.2 cm³/mol. The van der Waals surface area contributed by atoms with Crippen molar-refractivity contribution in [2.24, 2.45) is 0 Å². The summed E-state index contributed by atoms with van der Waals surface area (Å²) in [6, 6.07) is 0. The van der Waals surface area contributed by atoms with Crippen molar-refractivity contribution in [3.8, 4) is 0 Å². The maximum absolute atomic E-state index is 11.0. The third-order valence-corrected chi connectivity index (χ3v) is 2.00. The third-order valence-electron chi connectivity index (χ3n) is 2.00. The summed E-state index contributed by atoms with van der Waals surface area (Å²) in [5.41, 5.74) is 0.571. The van der Waals surface area contributed by atoms with Gasteiger partial charge in [0.2, 0.25) is 5.95 Å². The lowest BCUT2D eigenvalue weighted by Gasteiger charge is -2.16. The van der Waals surface area contributed by atoms with Gasteiger partial charge in [0.15, 0.2) is 5.78 Å². The lowest BCUT2D eigenvalue weighted by atomic mass is 10.3. The minimum atomic E-state index is 0.0194. The van der Waals surface area contributed by atoms with Crippen LogP contribution in [-0.4, -0.2) is 28.8 Å². The number of rotatable bonds is 4. The minimum Gasteiger partial charge on any atom is -0.343 e. The SMILES string of the molecule is CCN(CC)c1ncc(C(C)=O)[nH]1. The molecule has 0 aliphatic carbocycles. The molecular weight excluding hydrogens is 166 g/mol. The maximum Gasteiger partial charge on any atom is 0.203 e. The summed E-state index contributed by atoms with van der Waals surface area (Å²) in [5, 5.41) is 0. The lowest BCUT2D eigenvalue weighted by Crippen LogP contribution is -2.23. The van der Waals surface area contributed by atoms with E-state index in [9.17, 15) is 4.79 Å². The first-order chi connectivity index (χ1) is 6.19. The highest BCUT2D eigenvalue weighted by molar-refractivity contribution is 5.92. The van der Waals surface area contributed by atoms with Gasteiger partial charge in [0.25, 0.3) is 0 Å². The van der Waals surface area contributed by atoms with Gasteiger partial charge in [-0.1, -0.05) is 0 Å². The number of hydrogen-bond acceptors (Lipinski definition) is 3. The zero-order valence-corrected chi connectivity index (χ0v) is 8.29. The van der Waals surface area contributed by atoms with E-state index in [-0.39, 0.29) is 5.78 Å². The monoisotopic (exact) mass is 181 g/mol. The average molecular weight is 181 g/mol. The predicted octanol–water partition coefficient (Wildman–Crippen LogP) is 1.46. The summed E-state index contributed by atoms with van der Waals surface area (Å²) in [5.74, 6) is 0.793. The summed E-state index contributed by atoms with van der Waals surface area (Å²) in [4.78, 5) is 20.1. The molecule has 1 rings (SSSR count). The molecule has 1 N–H and O–H groups in total. The minimum absolute atomic E-state index is 0.0194. The standard InChI is InChI=1S/C9H15N3O/c1-4-12(5-2)9-10-6-8(11-9)7(3)13/h6H,4-5H2,1-3H3,(H,10,11). The van der Waals surface area contributed by atoms with Crippen molar-refractivity contribution in [1.29, 1.82) is 0 Å². The van der Waals surface area contributed by atoms with Crippen LogP contribution in [0.2, 0.25) is 0 Å². The van der Waals surface area contributed by atoms with Crippen LogP contribution in [0.15, 0.2) is 6.20 Å². The highest BCUT2D eigenvalue weighted by Gasteiger charge is 2.08. The molecule has 0 fully saturated rings. The molecule has 0 aromatic carbocycles. The molecule has 1 heterocycles. The topological polar surface area (TPSA) is 49.0 Å². The van der Waals surface area contributed by atoms with E-state index in [2.05, 4.69) is 28.7 Å². The molecule has 0 bridgehead atoms. The Morgan fingerprint density at radius 3 is 2.54 bits per heavy atom. The van der Waals surface area contributed by atoms with Crippen molar-refractivity contribution >= 4 is 11.7 Å². The number of hydrogen-bond donors (Lipinski definition) is 1. The molecule has 0 radical (unpaired) electrons. The molecule has 0 aliphatic heterocycles. The van der Waals surface area contributed by atoms with E-state index in [1.54, 1.807) is 6.20 Å². The molecule has 4 nitrogen and oxygen atoms in total. The first-order valence-corrected chi connectivity index (χ1v) is 4.49. The van der Waals surface area contributed by atoms with Crippen LogP contribution in [0.1, 0.15) is 31.3 Å². The molecule has 0 unspecified atom stereocenters. The summed E-state index contributed by atoms with van der Waals surface area (Å²) in [6.07, 6.45) is 1.58. The number of Topliss-reactive ketones (excluding diaryl/α,β-unsaturated/α-hetero) is 1. The van der Waals surface area contributed by atoms with E-state index in [0.29, 0.717) is 5.69 Å². The van der Waals surface area contributed by atoms with Gasteiger partial charge in [0.1, 0.15) is 5.69 Å². The van der Waals surface area contributed by atoms with E-state index in [0.717, 1.165) is 19.0 Å². The van der Waals surface area contributed by atoms with Crippen LogP contribution >= 0.6 is 0 Å². The Balaban J connectivity index is 2.84. The maximum atomic E-state index is 11.0. The lowest BCUT2D eigenvalue weighted by molar-refractivity contribution is 0.101. The molecule has 13 heavy (non-hydrogen) atoms. The van der Waals surface area contributed by atoms with Gasteiger partial charge >= 0.3 is 0 Å². The van der Waals surface area contributed by atoms with Crippen molar-refractivity contribution < 1.29 is 4.79 Å². The number of carbonyl (C=O) groups is 1. The molecule has 1 aromatic heterocycles. The third kappa shape index (κ3) is 2.08. The van der Waals surface area contributed by atoms with Crippen LogP contribution in [0.25, 0.3) is 0 Å². The molecule has 0 saturated heterocycles. The fourth-order valence-corrected chi connectivity index (χ4v) is 1.17. The molecular formula is C9H15N3O. The average Bonchev–Trinajstić information content (AvgIpc) is 2.56. The smallest absolute Gasteiger partial charge is 0.203 e. The molecule has 4 heteroatoms.